The molecule has 0 amide bonds. The highest BCUT2D eigenvalue weighted by molar-refractivity contribution is 4.93. The van der Waals surface area contributed by atoms with Gasteiger partial charge in [0.2, 0.25) is 0 Å². The number of unbranched alkanes of at least 4 members (excludes halogenated alkanes) is 31. The molecule has 0 aromatic rings. The number of hydrogen-bond acceptors (Lipinski definition) is 3. The third-order valence-corrected chi connectivity index (χ3v) is 8.96. The zero-order chi connectivity index (χ0) is 29.9. The third kappa shape index (κ3) is 34.0. The monoisotopic (exact) mass is 580 g/mol. The van der Waals surface area contributed by atoms with Gasteiger partial charge >= 0.3 is 0 Å². The second-order valence-electron chi connectivity index (χ2n) is 13.2. The average molecular weight is 580 g/mol. The van der Waals surface area contributed by atoms with E-state index in [1.807, 2.05) is 6.08 Å². The minimum absolute atomic E-state index is 0.175. The van der Waals surface area contributed by atoms with Crippen LogP contribution in [0.4, 0.5) is 0 Å². The smallest absolute Gasteiger partial charge is 0.0894 e. The van der Waals surface area contributed by atoms with E-state index in [0.717, 1.165) is 6.42 Å². The van der Waals surface area contributed by atoms with Crippen molar-refractivity contribution in [3.63, 3.8) is 0 Å². The minimum atomic E-state index is -0.724. The number of aliphatic hydroxyl groups excluding tert-OH is 2. The lowest BCUT2D eigenvalue weighted by Gasteiger charge is -2.11. The van der Waals surface area contributed by atoms with Gasteiger partial charge < -0.3 is 15.9 Å². The van der Waals surface area contributed by atoms with Crippen molar-refractivity contribution >= 4 is 0 Å². The number of nitrogens with two attached hydrogens (primary N) is 1. The van der Waals surface area contributed by atoms with Crippen molar-refractivity contribution in [3.05, 3.63) is 12.2 Å². The molecule has 3 nitrogen and oxygen atoms in total. The van der Waals surface area contributed by atoms with Gasteiger partial charge in [0.15, 0.2) is 0 Å². The molecule has 0 aliphatic rings. The van der Waals surface area contributed by atoms with Crippen molar-refractivity contribution in [2.75, 3.05) is 6.61 Å². The lowest BCUT2D eigenvalue weighted by molar-refractivity contribution is 0.144. The van der Waals surface area contributed by atoms with E-state index >= 15 is 0 Å². The highest BCUT2D eigenvalue weighted by Gasteiger charge is 2.08. The summed E-state index contributed by atoms with van der Waals surface area (Å²) in [5.74, 6) is 0. The van der Waals surface area contributed by atoms with Crippen LogP contribution in [0.25, 0.3) is 0 Å². The molecule has 0 aromatic heterocycles. The molecule has 0 saturated heterocycles. The Labute approximate surface area is 258 Å². The van der Waals surface area contributed by atoms with E-state index in [2.05, 4.69) is 6.92 Å². The van der Waals surface area contributed by atoms with Gasteiger partial charge in [-0.1, -0.05) is 212 Å². The SMILES string of the molecule is CCCCCCCCCCCCCCCCCCCCCCCCCCCCCCCCC/C=C/[C@@H](O)[C@@H](N)CO. The second-order valence-corrected chi connectivity index (χ2v) is 13.2. The number of allylic oxidation sites excluding steroid dienone is 1. The van der Waals surface area contributed by atoms with Gasteiger partial charge in [-0.3, -0.25) is 0 Å². The molecule has 41 heavy (non-hydrogen) atoms. The van der Waals surface area contributed by atoms with Crippen molar-refractivity contribution < 1.29 is 10.2 Å². The fourth-order valence-electron chi connectivity index (χ4n) is 5.95. The predicted octanol–water partition coefficient (Wildman–Crippen LogP) is 11.7. The summed E-state index contributed by atoms with van der Waals surface area (Å²) in [4.78, 5) is 0. The van der Waals surface area contributed by atoms with Crippen molar-refractivity contribution in [3.8, 4) is 0 Å². The maximum atomic E-state index is 9.66. The molecule has 3 heteroatoms. The Kier molecular flexibility index (Phi) is 35.5. The molecule has 2 atom stereocenters. The summed E-state index contributed by atoms with van der Waals surface area (Å²) in [6, 6.07) is -0.561. The highest BCUT2D eigenvalue weighted by atomic mass is 16.3. The van der Waals surface area contributed by atoms with Crippen LogP contribution >= 0.6 is 0 Å². The molecule has 0 bridgehead atoms. The Morgan fingerprint density at radius 3 is 0.927 bits per heavy atom. The first-order chi connectivity index (χ1) is 20.2. The maximum absolute atomic E-state index is 9.66. The van der Waals surface area contributed by atoms with Crippen molar-refractivity contribution in [1.82, 2.24) is 0 Å². The topological polar surface area (TPSA) is 66.5 Å². The molecular formula is C38H77NO2. The first-order valence-corrected chi connectivity index (χ1v) is 18.9. The Balaban J connectivity index is 3.10. The van der Waals surface area contributed by atoms with Crippen LogP contribution in [0.15, 0.2) is 12.2 Å². The quantitative estimate of drug-likeness (QED) is 0.0516. The molecule has 0 radical (unpaired) electrons. The van der Waals surface area contributed by atoms with Crippen LogP contribution in [-0.4, -0.2) is 29.0 Å². The zero-order valence-electron chi connectivity index (χ0n) is 28.1. The Hall–Kier alpha value is -0.380. The third-order valence-electron chi connectivity index (χ3n) is 8.96. The molecule has 246 valence electrons. The molecular weight excluding hydrogens is 502 g/mol. The lowest BCUT2D eigenvalue weighted by atomic mass is 10.0. The molecule has 0 heterocycles. The van der Waals surface area contributed by atoms with Crippen LogP contribution in [0.1, 0.15) is 212 Å². The van der Waals surface area contributed by atoms with Crippen molar-refractivity contribution in [2.24, 2.45) is 5.73 Å². The van der Waals surface area contributed by atoms with Gasteiger partial charge in [0.25, 0.3) is 0 Å². The van der Waals surface area contributed by atoms with Gasteiger partial charge in [-0.15, -0.1) is 0 Å². The van der Waals surface area contributed by atoms with Crippen molar-refractivity contribution in [2.45, 2.75) is 225 Å². The van der Waals surface area contributed by atoms with Gasteiger partial charge in [-0.2, -0.15) is 0 Å². The molecule has 0 saturated carbocycles. The molecule has 0 aliphatic carbocycles. The predicted molar refractivity (Wildman–Crippen MR) is 184 cm³/mol. The fourth-order valence-corrected chi connectivity index (χ4v) is 5.95. The summed E-state index contributed by atoms with van der Waals surface area (Å²) in [7, 11) is 0. The van der Waals surface area contributed by atoms with Gasteiger partial charge in [-0.25, -0.2) is 0 Å². The van der Waals surface area contributed by atoms with Crippen LogP contribution in [0, 0.1) is 0 Å². The van der Waals surface area contributed by atoms with Gasteiger partial charge in [0.05, 0.1) is 18.8 Å². The number of hydrogen-bond donors (Lipinski definition) is 3. The average Bonchev–Trinajstić information content (AvgIpc) is 2.98. The molecule has 0 fully saturated rings. The molecule has 0 spiro atoms. The molecule has 0 aromatic carbocycles. The van der Waals surface area contributed by atoms with Gasteiger partial charge in [0, 0.05) is 0 Å². The summed E-state index contributed by atoms with van der Waals surface area (Å²) in [6.45, 7) is 2.13. The van der Waals surface area contributed by atoms with Crippen LogP contribution in [0.3, 0.4) is 0 Å². The molecule has 0 rings (SSSR count). The Morgan fingerprint density at radius 2 is 0.683 bits per heavy atom. The van der Waals surface area contributed by atoms with E-state index < -0.39 is 12.1 Å². The van der Waals surface area contributed by atoms with E-state index in [1.165, 1.54) is 199 Å². The number of rotatable bonds is 35. The summed E-state index contributed by atoms with van der Waals surface area (Å²) in [5.41, 5.74) is 5.58. The lowest BCUT2D eigenvalue weighted by Crippen LogP contribution is -2.36. The van der Waals surface area contributed by atoms with Crippen LogP contribution in [-0.2, 0) is 0 Å². The molecule has 4 N–H and O–H groups in total. The summed E-state index contributed by atoms with van der Waals surface area (Å²) in [5, 5.41) is 18.6. The zero-order valence-corrected chi connectivity index (χ0v) is 28.1. The van der Waals surface area contributed by atoms with E-state index in [-0.39, 0.29) is 6.61 Å². The minimum Gasteiger partial charge on any atom is -0.395 e. The number of aliphatic hydroxyl groups is 2. The van der Waals surface area contributed by atoms with Crippen molar-refractivity contribution in [1.29, 1.82) is 0 Å². The van der Waals surface area contributed by atoms with E-state index in [1.54, 1.807) is 6.08 Å². The summed E-state index contributed by atoms with van der Waals surface area (Å²) in [6.07, 6.45) is 48.4. The highest BCUT2D eigenvalue weighted by Crippen LogP contribution is 2.17. The van der Waals surface area contributed by atoms with E-state index in [9.17, 15) is 5.11 Å². The second kappa shape index (κ2) is 35.8. The van der Waals surface area contributed by atoms with E-state index in [4.69, 9.17) is 10.8 Å². The van der Waals surface area contributed by atoms with Gasteiger partial charge in [-0.05, 0) is 12.8 Å². The van der Waals surface area contributed by atoms with E-state index in [0.29, 0.717) is 0 Å². The molecule has 0 unspecified atom stereocenters. The van der Waals surface area contributed by atoms with Crippen LogP contribution < -0.4 is 5.73 Å². The van der Waals surface area contributed by atoms with Crippen LogP contribution in [0.5, 0.6) is 0 Å². The first kappa shape index (κ1) is 40.6. The summed E-state index contributed by atoms with van der Waals surface area (Å²) >= 11 is 0. The van der Waals surface area contributed by atoms with Gasteiger partial charge in [0.1, 0.15) is 0 Å². The first-order valence-electron chi connectivity index (χ1n) is 18.9. The normalized spacial score (nSPS) is 13.4. The summed E-state index contributed by atoms with van der Waals surface area (Å²) < 4.78 is 0. The Bertz CT molecular complexity index is 495. The van der Waals surface area contributed by atoms with Crippen LogP contribution in [0.2, 0.25) is 0 Å². The standard InChI is InChI=1S/C38H77NO2/c1-2-3-4-5-6-7-8-9-10-11-12-13-14-15-16-17-18-19-20-21-22-23-24-25-26-27-28-29-30-31-32-33-34-35-38(41)37(39)36-40/h34-35,37-38,40-41H,2-33,36,39H2,1H3/b35-34+/t37-,38+/m0/s1. The largest absolute Gasteiger partial charge is 0.395 e. The fraction of sp³-hybridized carbons (Fsp3) is 0.947. The maximum Gasteiger partial charge on any atom is 0.0894 e. The molecule has 0 aliphatic heterocycles. The Morgan fingerprint density at radius 1 is 0.439 bits per heavy atom.